The number of ether oxygens (including phenoxy) is 1. The molecule has 0 saturated carbocycles. The van der Waals surface area contributed by atoms with Crippen LogP contribution in [-0.4, -0.2) is 111 Å². The van der Waals surface area contributed by atoms with E-state index >= 15 is 0 Å². The largest absolute Gasteiger partial charge is 0.494 e. The van der Waals surface area contributed by atoms with E-state index in [4.69, 9.17) is 9.84 Å². The molecule has 1 atom stereocenters. The lowest BCUT2D eigenvalue weighted by molar-refractivity contribution is -0.134. The van der Waals surface area contributed by atoms with Crippen LogP contribution >= 0.6 is 11.3 Å². The van der Waals surface area contributed by atoms with Crippen LogP contribution in [0.5, 0.6) is 5.75 Å². The third kappa shape index (κ3) is 10.9. The lowest BCUT2D eigenvalue weighted by atomic mass is 9.87. The number of likely N-dealkylation sites (tertiary alicyclic amines) is 2. The van der Waals surface area contributed by atoms with Crippen LogP contribution in [0, 0.1) is 5.92 Å². The minimum Gasteiger partial charge on any atom is -0.494 e. The van der Waals surface area contributed by atoms with Crippen LogP contribution in [0.1, 0.15) is 111 Å². The molecule has 74 heavy (non-hydrogen) atoms. The minimum atomic E-state index is -1.06. The van der Waals surface area contributed by atoms with Crippen LogP contribution in [0.3, 0.4) is 0 Å². The van der Waals surface area contributed by atoms with Crippen LogP contribution in [0.15, 0.2) is 97.1 Å². The van der Waals surface area contributed by atoms with Gasteiger partial charge in [0.05, 0.1) is 34.0 Å². The Labute approximate surface area is 434 Å². The Hall–Kier alpha value is -7.01. The quantitative estimate of drug-likeness (QED) is 0.0621. The highest BCUT2D eigenvalue weighted by molar-refractivity contribution is 7.22. The van der Waals surface area contributed by atoms with Crippen molar-refractivity contribution in [2.75, 3.05) is 62.6 Å². The van der Waals surface area contributed by atoms with Crippen LogP contribution in [0.25, 0.3) is 21.1 Å². The number of pyridine rings is 1. The van der Waals surface area contributed by atoms with Crippen molar-refractivity contribution < 1.29 is 29.0 Å². The zero-order valence-electron chi connectivity index (χ0n) is 41.9. The highest BCUT2D eigenvalue weighted by Gasteiger charge is 2.32. The standard InChI is InChI=1S/C58H63N9O6S/c1-64-49-35-42(13-17-45(49)54(63-64)46-18-20-52(68)61-56(46)70)39-23-28-66(29-24-39)32-31-65-26-21-38(22-27-65)34-37-11-15-43(16-12-37)73-33-5-7-41-14-19-51(60-53(41)57(71)72)67-30-25-40-6-4-8-44(47(40)36-67)55(69)62-58-59-48-9-2-3-10-50(48)74-58/h2-4,6,8-17,19,35,38-39,46H,5,7,18,20-34,36H2,1H3,(H,71,72)(H,59,62,69)(H,61,68,70). The van der Waals surface area contributed by atoms with Crippen LogP contribution in [0.2, 0.25) is 0 Å². The molecule has 3 saturated heterocycles. The molecule has 3 fully saturated rings. The van der Waals surface area contributed by atoms with Crippen LogP contribution < -0.4 is 20.3 Å². The number of piperidine rings is 3. The Balaban J connectivity index is 0.596. The summed E-state index contributed by atoms with van der Waals surface area (Å²) >= 11 is 1.44. The van der Waals surface area contributed by atoms with E-state index in [1.54, 1.807) is 0 Å². The fraction of sp³-hybridized carbons (Fsp3) is 0.397. The van der Waals surface area contributed by atoms with E-state index in [9.17, 15) is 24.3 Å². The van der Waals surface area contributed by atoms with E-state index in [1.165, 1.54) is 35.3 Å². The number of benzene rings is 4. The number of imide groups is 1. The van der Waals surface area contributed by atoms with E-state index in [1.807, 2.05) is 71.2 Å². The van der Waals surface area contributed by atoms with Gasteiger partial charge in [0, 0.05) is 50.6 Å². The summed E-state index contributed by atoms with van der Waals surface area (Å²) in [6.07, 6.45) is 8.45. The smallest absolute Gasteiger partial charge is 0.354 e. The second kappa shape index (κ2) is 21.8. The Morgan fingerprint density at radius 1 is 0.838 bits per heavy atom. The summed E-state index contributed by atoms with van der Waals surface area (Å²) in [7, 11) is 1.94. The van der Waals surface area contributed by atoms with Gasteiger partial charge in [-0.15, -0.1) is 0 Å². The normalized spacial score (nSPS) is 18.2. The molecule has 4 aromatic carbocycles. The number of thiazole rings is 1. The fourth-order valence-electron chi connectivity index (χ4n) is 11.6. The topological polar surface area (TPSA) is 175 Å². The number of para-hydroxylation sites is 1. The third-order valence-electron chi connectivity index (χ3n) is 15.8. The van der Waals surface area contributed by atoms with Gasteiger partial charge in [0.15, 0.2) is 10.8 Å². The molecule has 3 aromatic heterocycles. The molecule has 7 heterocycles. The number of nitrogens with zero attached hydrogens (tertiary/aromatic N) is 7. The molecule has 7 aromatic rings. The molecule has 11 rings (SSSR count). The Morgan fingerprint density at radius 2 is 1.62 bits per heavy atom. The maximum Gasteiger partial charge on any atom is 0.354 e. The minimum absolute atomic E-state index is 0.0459. The Morgan fingerprint density at radius 3 is 2.39 bits per heavy atom. The number of amides is 3. The maximum atomic E-state index is 13.6. The van der Waals surface area contributed by atoms with Gasteiger partial charge in [-0.1, -0.05) is 65.9 Å². The number of aromatic carboxylic acids is 1. The predicted molar refractivity (Wildman–Crippen MR) is 287 cm³/mol. The number of aromatic nitrogens is 4. The summed E-state index contributed by atoms with van der Waals surface area (Å²) in [6, 6.07) is 32.4. The molecule has 0 bridgehead atoms. The first-order valence-corrected chi connectivity index (χ1v) is 27.1. The maximum absolute atomic E-state index is 13.6. The van der Waals surface area contributed by atoms with E-state index in [2.05, 4.69) is 72.9 Å². The van der Waals surface area contributed by atoms with Gasteiger partial charge in [-0.3, -0.25) is 29.7 Å². The molecule has 15 nitrogen and oxygen atoms in total. The molecule has 382 valence electrons. The summed E-state index contributed by atoms with van der Waals surface area (Å²) in [5.41, 5.74) is 8.62. The van der Waals surface area contributed by atoms with Crippen LogP contribution in [0.4, 0.5) is 10.9 Å². The van der Waals surface area contributed by atoms with Gasteiger partial charge in [-0.05, 0) is 166 Å². The van der Waals surface area contributed by atoms with Gasteiger partial charge in [0.1, 0.15) is 11.6 Å². The highest BCUT2D eigenvalue weighted by Crippen LogP contribution is 2.35. The molecular formula is C58H63N9O6S. The molecular weight excluding hydrogens is 951 g/mol. The summed E-state index contributed by atoms with van der Waals surface area (Å²) in [5, 5.41) is 22.0. The number of carbonyl (C=O) groups is 4. The lowest BCUT2D eigenvalue weighted by Gasteiger charge is -2.36. The lowest BCUT2D eigenvalue weighted by Crippen LogP contribution is -2.42. The molecule has 0 aliphatic carbocycles. The van der Waals surface area contributed by atoms with E-state index < -0.39 is 5.97 Å². The Bertz CT molecular complexity index is 3180. The second-order valence-corrected chi connectivity index (χ2v) is 21.6. The summed E-state index contributed by atoms with van der Waals surface area (Å²) in [5.74, 6) is 0.441. The average Bonchev–Trinajstić information content (AvgIpc) is 3.99. The number of anilines is 2. The summed E-state index contributed by atoms with van der Waals surface area (Å²) in [6.45, 7) is 8.23. The van der Waals surface area contributed by atoms with Gasteiger partial charge in [0.25, 0.3) is 5.91 Å². The first-order valence-electron chi connectivity index (χ1n) is 26.3. The van der Waals surface area contributed by atoms with E-state index in [-0.39, 0.29) is 29.3 Å². The SMILES string of the molecule is Cn1nc(C2CCC(=O)NC2=O)c2ccc(C3CCN(CCN4CCC(Cc5ccc(OCCCc6ccc(N7CCc8cccc(C(=O)Nc9nc%10ccccc%10s9)c8C7)nc6C(=O)O)cc5)CC4)CC3)cc21. The number of hydrogen-bond donors (Lipinski definition) is 3. The third-order valence-corrected chi connectivity index (χ3v) is 16.8. The van der Waals surface area contributed by atoms with Gasteiger partial charge >= 0.3 is 5.97 Å². The highest BCUT2D eigenvalue weighted by atomic mass is 32.1. The number of hydrogen-bond acceptors (Lipinski definition) is 12. The van der Waals surface area contributed by atoms with Crippen molar-refractivity contribution in [3.8, 4) is 5.75 Å². The van der Waals surface area contributed by atoms with Gasteiger partial charge < -0.3 is 24.5 Å². The van der Waals surface area contributed by atoms with Crippen molar-refractivity contribution in [1.82, 2.24) is 34.9 Å². The molecule has 3 amide bonds. The van der Waals surface area contributed by atoms with Gasteiger partial charge in [0.2, 0.25) is 11.8 Å². The predicted octanol–water partition coefficient (Wildman–Crippen LogP) is 8.76. The average molecular weight is 1010 g/mol. The van der Waals surface area contributed by atoms with Crippen LogP contribution in [-0.2, 0) is 42.4 Å². The van der Waals surface area contributed by atoms with Crippen molar-refractivity contribution in [2.24, 2.45) is 13.0 Å². The van der Waals surface area contributed by atoms with Crippen molar-refractivity contribution >= 4 is 67.1 Å². The number of fused-ring (bicyclic) bond motifs is 3. The van der Waals surface area contributed by atoms with Crippen molar-refractivity contribution in [1.29, 1.82) is 0 Å². The molecule has 0 spiro atoms. The van der Waals surface area contributed by atoms with E-state index in [0.717, 1.165) is 102 Å². The second-order valence-electron chi connectivity index (χ2n) is 20.5. The van der Waals surface area contributed by atoms with Crippen molar-refractivity contribution in [3.05, 3.63) is 142 Å². The number of aryl methyl sites for hydroxylation is 2. The number of carboxylic acids is 1. The molecule has 1 unspecified atom stereocenters. The summed E-state index contributed by atoms with van der Waals surface area (Å²) < 4.78 is 9.02. The van der Waals surface area contributed by atoms with Gasteiger partial charge in [-0.25, -0.2) is 14.8 Å². The van der Waals surface area contributed by atoms with Crippen molar-refractivity contribution in [3.63, 3.8) is 0 Å². The zero-order valence-corrected chi connectivity index (χ0v) is 42.7. The number of carboxylic acid groups (broad SMARTS) is 1. The first kappa shape index (κ1) is 49.2. The van der Waals surface area contributed by atoms with E-state index in [0.29, 0.717) is 85.7 Å². The first-order chi connectivity index (χ1) is 36.1. The summed E-state index contributed by atoms with van der Waals surface area (Å²) in [4.78, 5) is 66.9. The van der Waals surface area contributed by atoms with Gasteiger partial charge in [-0.2, -0.15) is 5.10 Å². The fourth-order valence-corrected chi connectivity index (χ4v) is 12.4. The monoisotopic (exact) mass is 1010 g/mol. The number of nitrogens with one attached hydrogen (secondary N) is 2. The molecule has 3 N–H and O–H groups in total. The molecule has 16 heteroatoms. The molecule has 4 aliphatic heterocycles. The molecule has 4 aliphatic rings. The zero-order chi connectivity index (χ0) is 50.7. The Kier molecular flexibility index (Phi) is 14.5. The molecule has 0 radical (unpaired) electrons. The number of rotatable bonds is 16. The van der Waals surface area contributed by atoms with Crippen molar-refractivity contribution in [2.45, 2.75) is 82.6 Å². The number of carbonyl (C=O) groups excluding carboxylic acids is 3.